The van der Waals surface area contributed by atoms with E-state index in [1.54, 1.807) is 7.11 Å². The molecule has 1 N–H and O–H groups in total. The Hall–Kier alpha value is -1.81. The third-order valence-corrected chi connectivity index (χ3v) is 3.88. The molecule has 1 aliphatic rings. The lowest BCUT2D eigenvalue weighted by Crippen LogP contribution is -2.32. The quantitative estimate of drug-likeness (QED) is 0.929. The molecule has 3 rings (SSSR count). The fourth-order valence-corrected chi connectivity index (χ4v) is 2.96. The summed E-state index contributed by atoms with van der Waals surface area (Å²) in [6, 6.07) is 8.81. The van der Waals surface area contributed by atoms with E-state index >= 15 is 0 Å². The van der Waals surface area contributed by atoms with Gasteiger partial charge in [-0.1, -0.05) is 31.2 Å². The number of fused-ring (bicyclic) bond motifs is 1. The highest BCUT2D eigenvalue weighted by Crippen LogP contribution is 2.33. The van der Waals surface area contributed by atoms with Gasteiger partial charge in [-0.05, 0) is 24.0 Å². The van der Waals surface area contributed by atoms with Crippen LogP contribution in [0.2, 0.25) is 0 Å². The Morgan fingerprint density at radius 2 is 2.25 bits per heavy atom. The van der Waals surface area contributed by atoms with Crippen molar-refractivity contribution in [1.82, 2.24) is 15.1 Å². The Bertz CT molecular complexity index is 591. The minimum absolute atomic E-state index is 0.170. The fourth-order valence-electron chi connectivity index (χ4n) is 2.96. The molecule has 0 saturated carbocycles. The van der Waals surface area contributed by atoms with Crippen LogP contribution in [0, 0.1) is 0 Å². The Kier molecular flexibility index (Phi) is 3.74. The maximum atomic E-state index is 5.52. The smallest absolute Gasteiger partial charge is 0.161 e. The van der Waals surface area contributed by atoms with Crippen LogP contribution in [0.5, 0.6) is 5.75 Å². The summed E-state index contributed by atoms with van der Waals surface area (Å²) >= 11 is 0. The van der Waals surface area contributed by atoms with Gasteiger partial charge in [0.25, 0.3) is 0 Å². The molecule has 1 atom stereocenters. The monoisotopic (exact) mass is 271 g/mol. The molecule has 0 amide bonds. The number of nitrogens with one attached hydrogen (secondary N) is 1. The molecule has 4 heteroatoms. The van der Waals surface area contributed by atoms with Gasteiger partial charge in [0, 0.05) is 13.1 Å². The van der Waals surface area contributed by atoms with Gasteiger partial charge in [0.1, 0.15) is 5.69 Å². The van der Waals surface area contributed by atoms with Crippen molar-refractivity contribution in [2.45, 2.75) is 32.4 Å². The highest BCUT2D eigenvalue weighted by molar-refractivity contribution is 5.42. The van der Waals surface area contributed by atoms with Crippen molar-refractivity contribution in [2.24, 2.45) is 0 Å². The van der Waals surface area contributed by atoms with E-state index in [0.29, 0.717) is 0 Å². The molecule has 20 heavy (non-hydrogen) atoms. The van der Waals surface area contributed by atoms with Gasteiger partial charge >= 0.3 is 0 Å². The number of aromatic nitrogens is 2. The molecule has 0 fully saturated rings. The van der Waals surface area contributed by atoms with Crippen LogP contribution < -0.4 is 10.1 Å². The molecular weight excluding hydrogens is 250 g/mol. The number of hydrogen-bond donors (Lipinski definition) is 1. The molecule has 0 aliphatic carbocycles. The minimum Gasteiger partial charge on any atom is -0.493 e. The van der Waals surface area contributed by atoms with E-state index in [1.807, 2.05) is 6.20 Å². The Labute approximate surface area is 119 Å². The van der Waals surface area contributed by atoms with Crippen LogP contribution in [0.3, 0.4) is 0 Å². The standard InChI is InChI=1S/C16H21N3O/c1-3-10-19-16(14(20-2)11-18-19)15-13-7-5-4-6-12(13)8-9-17-15/h4-7,11,15,17H,3,8-10H2,1-2H3. The van der Waals surface area contributed by atoms with Crippen molar-refractivity contribution in [3.8, 4) is 5.75 Å². The van der Waals surface area contributed by atoms with Gasteiger partial charge in [-0.15, -0.1) is 0 Å². The normalized spacial score (nSPS) is 17.8. The highest BCUT2D eigenvalue weighted by Gasteiger charge is 2.27. The molecule has 0 saturated heterocycles. The zero-order chi connectivity index (χ0) is 13.9. The maximum Gasteiger partial charge on any atom is 0.161 e. The summed E-state index contributed by atoms with van der Waals surface area (Å²) in [5.74, 6) is 0.868. The summed E-state index contributed by atoms with van der Waals surface area (Å²) < 4.78 is 7.59. The molecule has 2 heterocycles. The average molecular weight is 271 g/mol. The molecule has 1 aromatic heterocycles. The first-order chi connectivity index (χ1) is 9.85. The summed E-state index contributed by atoms with van der Waals surface area (Å²) in [7, 11) is 1.71. The molecule has 0 bridgehead atoms. The van der Waals surface area contributed by atoms with Gasteiger partial charge in [0.15, 0.2) is 5.75 Å². The molecule has 2 aromatic rings. The van der Waals surface area contributed by atoms with Crippen molar-refractivity contribution in [2.75, 3.05) is 13.7 Å². The van der Waals surface area contributed by atoms with E-state index in [0.717, 1.165) is 37.4 Å². The largest absolute Gasteiger partial charge is 0.493 e. The average Bonchev–Trinajstić information content (AvgIpc) is 2.90. The van der Waals surface area contributed by atoms with Crippen molar-refractivity contribution in [3.05, 3.63) is 47.3 Å². The first kappa shape index (κ1) is 13.2. The van der Waals surface area contributed by atoms with E-state index in [-0.39, 0.29) is 6.04 Å². The zero-order valence-electron chi connectivity index (χ0n) is 12.1. The summed E-state index contributed by atoms with van der Waals surface area (Å²) in [4.78, 5) is 0. The summed E-state index contributed by atoms with van der Waals surface area (Å²) in [5.41, 5.74) is 3.90. The van der Waals surface area contributed by atoms with Gasteiger partial charge in [-0.2, -0.15) is 5.10 Å². The molecule has 1 aromatic carbocycles. The summed E-state index contributed by atoms with van der Waals surface area (Å²) in [6.07, 6.45) is 3.97. The van der Waals surface area contributed by atoms with Gasteiger partial charge in [0.2, 0.25) is 0 Å². The number of hydrogen-bond acceptors (Lipinski definition) is 3. The second kappa shape index (κ2) is 5.67. The Morgan fingerprint density at radius 1 is 1.40 bits per heavy atom. The number of benzene rings is 1. The van der Waals surface area contributed by atoms with Crippen molar-refractivity contribution in [1.29, 1.82) is 0 Å². The molecule has 4 nitrogen and oxygen atoms in total. The molecule has 0 spiro atoms. The summed E-state index contributed by atoms with van der Waals surface area (Å²) in [6.45, 7) is 4.07. The first-order valence-electron chi connectivity index (χ1n) is 7.26. The topological polar surface area (TPSA) is 39.1 Å². The van der Waals surface area contributed by atoms with Crippen molar-refractivity contribution < 1.29 is 4.74 Å². The zero-order valence-corrected chi connectivity index (χ0v) is 12.1. The van der Waals surface area contributed by atoms with Gasteiger partial charge < -0.3 is 10.1 Å². The minimum atomic E-state index is 0.170. The lowest BCUT2D eigenvalue weighted by Gasteiger charge is -2.28. The summed E-state index contributed by atoms with van der Waals surface area (Å²) in [5, 5.41) is 8.09. The number of methoxy groups -OCH3 is 1. The second-order valence-corrected chi connectivity index (χ2v) is 5.16. The van der Waals surface area contributed by atoms with E-state index < -0.39 is 0 Å². The second-order valence-electron chi connectivity index (χ2n) is 5.16. The third-order valence-electron chi connectivity index (χ3n) is 3.88. The Balaban J connectivity index is 2.07. The van der Waals surface area contributed by atoms with E-state index in [1.165, 1.54) is 11.1 Å². The predicted molar refractivity (Wildman–Crippen MR) is 79.1 cm³/mol. The van der Waals surface area contributed by atoms with Crippen LogP contribution in [0.1, 0.15) is 36.2 Å². The van der Waals surface area contributed by atoms with Gasteiger partial charge in [0.05, 0.1) is 19.3 Å². The SMILES string of the molecule is CCCn1ncc(OC)c1C1NCCc2ccccc21. The fraction of sp³-hybridized carbons (Fsp3) is 0.438. The number of nitrogens with zero attached hydrogens (tertiary/aromatic N) is 2. The lowest BCUT2D eigenvalue weighted by atomic mass is 9.92. The highest BCUT2D eigenvalue weighted by atomic mass is 16.5. The van der Waals surface area contributed by atoms with Crippen LogP contribution in [-0.4, -0.2) is 23.4 Å². The van der Waals surface area contributed by atoms with Crippen LogP contribution in [0.4, 0.5) is 0 Å². The molecular formula is C16H21N3O. The van der Waals surface area contributed by atoms with Gasteiger partial charge in [-0.25, -0.2) is 0 Å². The molecule has 1 unspecified atom stereocenters. The first-order valence-corrected chi connectivity index (χ1v) is 7.26. The van der Waals surface area contributed by atoms with Gasteiger partial charge in [-0.3, -0.25) is 4.68 Å². The van der Waals surface area contributed by atoms with Crippen LogP contribution in [0.25, 0.3) is 0 Å². The number of aryl methyl sites for hydroxylation is 1. The van der Waals surface area contributed by atoms with Crippen LogP contribution in [-0.2, 0) is 13.0 Å². The van der Waals surface area contributed by atoms with Crippen molar-refractivity contribution in [3.63, 3.8) is 0 Å². The predicted octanol–water partition coefficient (Wildman–Crippen LogP) is 2.54. The molecule has 106 valence electrons. The molecule has 1 aliphatic heterocycles. The molecule has 0 radical (unpaired) electrons. The maximum absolute atomic E-state index is 5.52. The Morgan fingerprint density at radius 3 is 3.05 bits per heavy atom. The van der Waals surface area contributed by atoms with Crippen molar-refractivity contribution >= 4 is 0 Å². The van der Waals surface area contributed by atoms with Crippen LogP contribution >= 0.6 is 0 Å². The van der Waals surface area contributed by atoms with E-state index in [4.69, 9.17) is 4.74 Å². The number of rotatable bonds is 4. The lowest BCUT2D eigenvalue weighted by molar-refractivity contribution is 0.395. The van der Waals surface area contributed by atoms with Crippen LogP contribution in [0.15, 0.2) is 30.5 Å². The van der Waals surface area contributed by atoms with E-state index in [9.17, 15) is 0 Å². The van der Waals surface area contributed by atoms with E-state index in [2.05, 4.69) is 46.3 Å². The third kappa shape index (κ3) is 2.20. The number of ether oxygens (including phenoxy) is 1.